The number of hydrogen-bond acceptors (Lipinski definition) is 3. The Morgan fingerprint density at radius 2 is 2.05 bits per heavy atom. The highest BCUT2D eigenvalue weighted by molar-refractivity contribution is 5.98. The zero-order valence-electron chi connectivity index (χ0n) is 12.0. The van der Waals surface area contributed by atoms with Crippen LogP contribution in [0.4, 0.5) is 11.4 Å². The quantitative estimate of drug-likeness (QED) is 0.794. The molecule has 2 rings (SSSR count). The number of nitrogen functional groups attached to an aromatic ring is 1. The van der Waals surface area contributed by atoms with Gasteiger partial charge in [-0.2, -0.15) is 0 Å². The first-order valence-corrected chi connectivity index (χ1v) is 7.01. The van der Waals surface area contributed by atoms with Crippen LogP contribution in [0, 0.1) is 5.92 Å². The molecule has 3 nitrogen and oxygen atoms in total. The van der Waals surface area contributed by atoms with Gasteiger partial charge >= 0.3 is 0 Å². The summed E-state index contributed by atoms with van der Waals surface area (Å²) in [5, 5.41) is 4.68. The van der Waals surface area contributed by atoms with Gasteiger partial charge in [-0.1, -0.05) is 20.3 Å². The van der Waals surface area contributed by atoms with Crippen LogP contribution in [0.5, 0.6) is 0 Å². The predicted octanol–water partition coefficient (Wildman–Crippen LogP) is 4.05. The van der Waals surface area contributed by atoms with Gasteiger partial charge in [0.2, 0.25) is 0 Å². The lowest BCUT2D eigenvalue weighted by molar-refractivity contribution is 0.484. The molecule has 0 amide bonds. The fourth-order valence-corrected chi connectivity index (χ4v) is 2.41. The van der Waals surface area contributed by atoms with Gasteiger partial charge in [-0.15, -0.1) is 0 Å². The Labute approximate surface area is 115 Å². The summed E-state index contributed by atoms with van der Waals surface area (Å²) in [6, 6.07) is 8.44. The molecule has 2 atom stereocenters. The minimum absolute atomic E-state index is 0.446. The van der Waals surface area contributed by atoms with E-state index in [1.807, 2.05) is 18.2 Å². The summed E-state index contributed by atoms with van der Waals surface area (Å²) >= 11 is 0. The molecule has 1 heterocycles. The minimum Gasteiger partial charge on any atom is -0.397 e. The fraction of sp³-hybridized carbons (Fsp3) is 0.438. The molecule has 1 aromatic heterocycles. The Balaban J connectivity index is 2.24. The Morgan fingerprint density at radius 3 is 2.79 bits per heavy atom. The van der Waals surface area contributed by atoms with E-state index in [9.17, 15) is 0 Å². The number of pyridine rings is 1. The number of rotatable bonds is 5. The predicted molar refractivity (Wildman–Crippen MR) is 83.3 cm³/mol. The molecular formula is C16H23N3. The van der Waals surface area contributed by atoms with Gasteiger partial charge in [-0.25, -0.2) is 0 Å². The van der Waals surface area contributed by atoms with Gasteiger partial charge in [0.05, 0.1) is 11.2 Å². The Morgan fingerprint density at radius 1 is 1.26 bits per heavy atom. The van der Waals surface area contributed by atoms with Crippen molar-refractivity contribution in [2.24, 2.45) is 5.92 Å². The highest BCUT2D eigenvalue weighted by Crippen LogP contribution is 2.27. The highest BCUT2D eigenvalue weighted by atomic mass is 14.9. The third-order valence-electron chi connectivity index (χ3n) is 3.66. The lowest BCUT2D eigenvalue weighted by atomic mass is 10.00. The zero-order valence-corrected chi connectivity index (χ0v) is 12.0. The summed E-state index contributed by atoms with van der Waals surface area (Å²) in [4.78, 5) is 4.36. The fourth-order valence-electron chi connectivity index (χ4n) is 2.41. The van der Waals surface area contributed by atoms with E-state index in [0.717, 1.165) is 28.2 Å². The van der Waals surface area contributed by atoms with Crippen molar-refractivity contribution in [1.29, 1.82) is 0 Å². The van der Waals surface area contributed by atoms with Crippen molar-refractivity contribution in [2.75, 3.05) is 11.1 Å². The van der Waals surface area contributed by atoms with E-state index in [2.05, 4.69) is 37.1 Å². The molecule has 2 unspecified atom stereocenters. The Bertz CT molecular complexity index is 551. The molecule has 0 radical (unpaired) electrons. The van der Waals surface area contributed by atoms with E-state index in [4.69, 9.17) is 5.73 Å². The second-order valence-corrected chi connectivity index (χ2v) is 5.40. The molecule has 102 valence electrons. The number of hydrogen-bond donors (Lipinski definition) is 2. The minimum atomic E-state index is 0.446. The highest BCUT2D eigenvalue weighted by Gasteiger charge is 2.10. The average molecular weight is 257 g/mol. The van der Waals surface area contributed by atoms with Crippen LogP contribution in [-0.2, 0) is 0 Å². The van der Waals surface area contributed by atoms with Crippen molar-refractivity contribution in [1.82, 2.24) is 4.98 Å². The van der Waals surface area contributed by atoms with Crippen molar-refractivity contribution in [2.45, 2.75) is 39.7 Å². The van der Waals surface area contributed by atoms with E-state index in [1.54, 1.807) is 6.20 Å². The molecule has 0 aliphatic carbocycles. The van der Waals surface area contributed by atoms with Gasteiger partial charge in [0.15, 0.2) is 0 Å². The van der Waals surface area contributed by atoms with Gasteiger partial charge in [-0.3, -0.25) is 4.98 Å². The van der Waals surface area contributed by atoms with Crippen LogP contribution < -0.4 is 11.1 Å². The van der Waals surface area contributed by atoms with Gasteiger partial charge in [0.1, 0.15) is 0 Å². The molecule has 0 aliphatic heterocycles. The summed E-state index contributed by atoms with van der Waals surface area (Å²) in [7, 11) is 0. The molecular weight excluding hydrogens is 234 g/mol. The first kappa shape index (κ1) is 13.7. The molecule has 3 heteroatoms. The first-order chi connectivity index (χ1) is 9.11. The maximum Gasteiger partial charge on any atom is 0.0951 e. The summed E-state index contributed by atoms with van der Waals surface area (Å²) in [5.41, 5.74) is 8.70. The van der Waals surface area contributed by atoms with Crippen LogP contribution in [0.1, 0.15) is 33.6 Å². The lowest BCUT2D eigenvalue weighted by Gasteiger charge is -2.20. The summed E-state index contributed by atoms with van der Waals surface area (Å²) in [6.07, 6.45) is 4.17. The van der Waals surface area contributed by atoms with Crippen LogP contribution in [0.2, 0.25) is 0 Å². The number of fused-ring (bicyclic) bond motifs is 1. The van der Waals surface area contributed by atoms with Crippen LogP contribution in [0.25, 0.3) is 10.9 Å². The second kappa shape index (κ2) is 5.91. The summed E-state index contributed by atoms with van der Waals surface area (Å²) in [6.45, 7) is 6.76. The number of nitrogens with zero attached hydrogens (tertiary/aromatic N) is 1. The molecule has 3 N–H and O–H groups in total. The maximum absolute atomic E-state index is 5.97. The van der Waals surface area contributed by atoms with E-state index in [-0.39, 0.29) is 0 Å². The first-order valence-electron chi connectivity index (χ1n) is 7.01. The maximum atomic E-state index is 5.97. The van der Waals surface area contributed by atoms with Crippen molar-refractivity contribution >= 4 is 22.3 Å². The topological polar surface area (TPSA) is 50.9 Å². The van der Waals surface area contributed by atoms with E-state index >= 15 is 0 Å². The van der Waals surface area contributed by atoms with Crippen LogP contribution in [0.15, 0.2) is 30.5 Å². The van der Waals surface area contributed by atoms with Crippen molar-refractivity contribution in [3.8, 4) is 0 Å². The van der Waals surface area contributed by atoms with E-state index in [1.165, 1.54) is 12.8 Å². The average Bonchev–Trinajstić information content (AvgIpc) is 2.42. The Hall–Kier alpha value is -1.77. The molecule has 0 saturated carbocycles. The van der Waals surface area contributed by atoms with Crippen LogP contribution in [0.3, 0.4) is 0 Å². The van der Waals surface area contributed by atoms with E-state index in [0.29, 0.717) is 6.04 Å². The zero-order chi connectivity index (χ0) is 13.8. The molecule has 0 aliphatic rings. The van der Waals surface area contributed by atoms with Crippen molar-refractivity contribution in [3.05, 3.63) is 30.5 Å². The standard InChI is InChI=1S/C16H23N3/c1-4-11(2)10-12(3)19-15-8-7-14(17)16-13(15)6-5-9-18-16/h5-9,11-12,19H,4,10,17H2,1-3H3. The molecule has 0 fully saturated rings. The molecule has 0 spiro atoms. The molecule has 0 saturated heterocycles. The smallest absolute Gasteiger partial charge is 0.0951 e. The second-order valence-electron chi connectivity index (χ2n) is 5.40. The third kappa shape index (κ3) is 3.16. The summed E-state index contributed by atoms with van der Waals surface area (Å²) in [5.74, 6) is 0.737. The monoisotopic (exact) mass is 257 g/mol. The van der Waals surface area contributed by atoms with Gasteiger partial charge in [0.25, 0.3) is 0 Å². The number of benzene rings is 1. The van der Waals surface area contributed by atoms with Gasteiger partial charge in [-0.05, 0) is 43.5 Å². The van der Waals surface area contributed by atoms with Gasteiger partial charge < -0.3 is 11.1 Å². The summed E-state index contributed by atoms with van der Waals surface area (Å²) < 4.78 is 0. The molecule has 19 heavy (non-hydrogen) atoms. The molecule has 2 aromatic rings. The number of nitrogens with one attached hydrogen (secondary N) is 1. The SMILES string of the molecule is CCC(C)CC(C)Nc1ccc(N)c2ncccc12. The van der Waals surface area contributed by atoms with Crippen LogP contribution in [-0.4, -0.2) is 11.0 Å². The van der Waals surface area contributed by atoms with E-state index < -0.39 is 0 Å². The van der Waals surface area contributed by atoms with Crippen molar-refractivity contribution < 1.29 is 0 Å². The molecule has 1 aromatic carbocycles. The number of anilines is 2. The number of aromatic nitrogens is 1. The van der Waals surface area contributed by atoms with Gasteiger partial charge in [0, 0.05) is 23.3 Å². The lowest BCUT2D eigenvalue weighted by Crippen LogP contribution is -2.18. The van der Waals surface area contributed by atoms with Crippen LogP contribution >= 0.6 is 0 Å². The molecule has 0 bridgehead atoms. The number of nitrogens with two attached hydrogens (primary N) is 1. The Kier molecular flexibility index (Phi) is 4.25. The normalized spacial score (nSPS) is 14.3. The largest absolute Gasteiger partial charge is 0.397 e. The third-order valence-corrected chi connectivity index (χ3v) is 3.66. The van der Waals surface area contributed by atoms with Crippen molar-refractivity contribution in [3.63, 3.8) is 0 Å².